The molecule has 2 aromatic rings. The molecule has 0 N–H and O–H groups in total. The largest absolute Gasteiger partial charge is 0.496 e. The van der Waals surface area contributed by atoms with Crippen LogP contribution in [0.2, 0.25) is 0 Å². The van der Waals surface area contributed by atoms with Crippen LogP contribution in [0.3, 0.4) is 0 Å². The highest BCUT2D eigenvalue weighted by atomic mass is 32.1. The second kappa shape index (κ2) is 7.59. The maximum absolute atomic E-state index is 12.4. The van der Waals surface area contributed by atoms with Gasteiger partial charge in [-0.25, -0.2) is 0 Å². The van der Waals surface area contributed by atoms with Crippen molar-refractivity contribution < 1.29 is 19.1 Å². The highest BCUT2D eigenvalue weighted by molar-refractivity contribution is 7.20. The lowest BCUT2D eigenvalue weighted by Crippen LogP contribution is -2.16. The molecule has 1 heterocycles. The van der Waals surface area contributed by atoms with Crippen molar-refractivity contribution in [3.63, 3.8) is 0 Å². The number of thiophene rings is 1. The minimum absolute atomic E-state index is 0.0277. The van der Waals surface area contributed by atoms with E-state index in [9.17, 15) is 9.59 Å². The Morgan fingerprint density at radius 2 is 1.96 bits per heavy atom. The molecule has 1 atom stereocenters. The molecule has 0 fully saturated rings. The maximum atomic E-state index is 12.4. The predicted octanol–water partition coefficient (Wildman–Crippen LogP) is 4.24. The molecule has 0 aliphatic heterocycles. The molecular weight excluding hydrogens is 312 g/mol. The van der Waals surface area contributed by atoms with Gasteiger partial charge in [-0.3, -0.25) is 9.59 Å². The van der Waals surface area contributed by atoms with Gasteiger partial charge in [0, 0.05) is 11.1 Å². The summed E-state index contributed by atoms with van der Waals surface area (Å²) >= 11 is 1.44. The van der Waals surface area contributed by atoms with E-state index in [1.165, 1.54) is 18.4 Å². The monoisotopic (exact) mass is 334 g/mol. The molecule has 1 aromatic carbocycles. The minimum Gasteiger partial charge on any atom is -0.496 e. The third kappa shape index (κ3) is 3.91. The molecule has 0 aliphatic rings. The molecular formula is C18H22O4S. The zero-order chi connectivity index (χ0) is 17.0. The number of aryl methyl sites for hydroxylation is 1. The van der Waals surface area contributed by atoms with E-state index >= 15 is 0 Å². The van der Waals surface area contributed by atoms with Gasteiger partial charge in [-0.2, -0.15) is 0 Å². The average molecular weight is 334 g/mol. The second-order valence-electron chi connectivity index (χ2n) is 5.61. The van der Waals surface area contributed by atoms with E-state index in [0.717, 1.165) is 34.2 Å². The number of rotatable bonds is 7. The van der Waals surface area contributed by atoms with Crippen molar-refractivity contribution in [3.05, 3.63) is 28.6 Å². The number of hydrogen-bond acceptors (Lipinski definition) is 5. The number of Topliss-reactive ketones (excluding diaryl/α,β-unsaturated/α-hetero) is 1. The molecule has 0 bridgehead atoms. The summed E-state index contributed by atoms with van der Waals surface area (Å²) in [4.78, 5) is 24.5. The average Bonchev–Trinajstić information content (AvgIpc) is 2.96. The van der Waals surface area contributed by atoms with Gasteiger partial charge in [0.2, 0.25) is 0 Å². The fourth-order valence-electron chi connectivity index (χ4n) is 2.57. The number of ketones is 1. The van der Waals surface area contributed by atoms with Crippen molar-refractivity contribution >= 4 is 33.2 Å². The van der Waals surface area contributed by atoms with Gasteiger partial charge in [-0.1, -0.05) is 20.3 Å². The molecule has 0 spiro atoms. The molecule has 0 radical (unpaired) electrons. The molecule has 124 valence electrons. The molecule has 0 saturated carbocycles. The summed E-state index contributed by atoms with van der Waals surface area (Å²) in [5.41, 5.74) is 1.15. The van der Waals surface area contributed by atoms with Crippen molar-refractivity contribution in [1.29, 1.82) is 0 Å². The Labute approximate surface area is 140 Å². The van der Waals surface area contributed by atoms with E-state index in [-0.39, 0.29) is 18.2 Å². The van der Waals surface area contributed by atoms with Gasteiger partial charge in [0.25, 0.3) is 0 Å². The van der Waals surface area contributed by atoms with Crippen LogP contribution in [0.5, 0.6) is 5.75 Å². The standard InChI is InChI=1S/C18H22O4S/c1-5-6-12-8-13-9-17(23-16(13)10-15(12)21-3)14(19)7-11(2)18(20)22-4/h8-11H,5-7H2,1-4H3/t11-/m0/s1. The predicted molar refractivity (Wildman–Crippen MR) is 92.5 cm³/mol. The SMILES string of the molecule is CCCc1cc2cc(C(=O)C[C@H](C)C(=O)OC)sc2cc1OC. The summed E-state index contributed by atoms with van der Waals surface area (Å²) in [5.74, 6) is 0.0532. The number of benzene rings is 1. The van der Waals surface area contributed by atoms with Gasteiger partial charge in [-0.05, 0) is 35.6 Å². The summed E-state index contributed by atoms with van der Waals surface area (Å²) < 4.78 is 11.1. The van der Waals surface area contributed by atoms with Gasteiger partial charge >= 0.3 is 5.97 Å². The zero-order valence-corrected chi connectivity index (χ0v) is 14.8. The number of hydrogen-bond donors (Lipinski definition) is 0. The van der Waals surface area contributed by atoms with Crippen molar-refractivity contribution in [2.75, 3.05) is 14.2 Å². The number of fused-ring (bicyclic) bond motifs is 1. The summed E-state index contributed by atoms with van der Waals surface area (Å²) in [7, 11) is 3.00. The quantitative estimate of drug-likeness (QED) is 0.561. The van der Waals surface area contributed by atoms with Crippen LogP contribution in [-0.4, -0.2) is 26.0 Å². The molecule has 1 aromatic heterocycles. The summed E-state index contributed by atoms with van der Waals surface area (Å²) in [6, 6.07) is 5.99. The van der Waals surface area contributed by atoms with Crippen LogP contribution < -0.4 is 4.74 Å². The lowest BCUT2D eigenvalue weighted by atomic mass is 10.0. The van der Waals surface area contributed by atoms with Crippen molar-refractivity contribution in [1.82, 2.24) is 0 Å². The molecule has 0 aliphatic carbocycles. The normalized spacial score (nSPS) is 12.2. The first-order valence-electron chi connectivity index (χ1n) is 7.71. The van der Waals surface area contributed by atoms with Crippen molar-refractivity contribution in [3.8, 4) is 5.75 Å². The van der Waals surface area contributed by atoms with Crippen LogP contribution >= 0.6 is 11.3 Å². The third-order valence-corrected chi connectivity index (χ3v) is 4.95. The number of carbonyl (C=O) groups excluding carboxylic acids is 2. The Hall–Kier alpha value is -1.88. The van der Waals surface area contributed by atoms with Gasteiger partial charge in [0.15, 0.2) is 5.78 Å². The van der Waals surface area contributed by atoms with Crippen LogP contribution in [0.15, 0.2) is 18.2 Å². The molecule has 0 amide bonds. The van der Waals surface area contributed by atoms with E-state index in [1.54, 1.807) is 14.0 Å². The van der Waals surface area contributed by atoms with Crippen LogP contribution in [0.4, 0.5) is 0 Å². The van der Waals surface area contributed by atoms with Gasteiger partial charge in [0.05, 0.1) is 25.0 Å². The minimum atomic E-state index is -0.428. The molecule has 2 rings (SSSR count). The Morgan fingerprint density at radius 3 is 2.57 bits per heavy atom. The molecule has 5 heteroatoms. The zero-order valence-electron chi connectivity index (χ0n) is 14.0. The van der Waals surface area contributed by atoms with Crippen LogP contribution in [-0.2, 0) is 16.0 Å². The van der Waals surface area contributed by atoms with E-state index < -0.39 is 5.92 Å². The van der Waals surface area contributed by atoms with Gasteiger partial charge < -0.3 is 9.47 Å². The Balaban J connectivity index is 2.29. The molecule has 0 saturated heterocycles. The van der Waals surface area contributed by atoms with Gasteiger partial charge in [-0.15, -0.1) is 11.3 Å². The summed E-state index contributed by atoms with van der Waals surface area (Å²) in [5, 5.41) is 1.05. The van der Waals surface area contributed by atoms with Crippen LogP contribution in [0.1, 0.15) is 41.9 Å². The fourth-order valence-corrected chi connectivity index (χ4v) is 3.59. The fraction of sp³-hybridized carbons (Fsp3) is 0.444. The molecule has 4 nitrogen and oxygen atoms in total. The Kier molecular flexibility index (Phi) is 5.77. The first-order chi connectivity index (χ1) is 11.0. The van der Waals surface area contributed by atoms with E-state index in [2.05, 4.69) is 17.7 Å². The number of carbonyl (C=O) groups is 2. The van der Waals surface area contributed by atoms with Crippen molar-refractivity contribution in [2.24, 2.45) is 5.92 Å². The third-order valence-electron chi connectivity index (χ3n) is 3.81. The smallest absolute Gasteiger partial charge is 0.308 e. The number of esters is 1. The van der Waals surface area contributed by atoms with Crippen molar-refractivity contribution in [2.45, 2.75) is 33.1 Å². The van der Waals surface area contributed by atoms with E-state index in [4.69, 9.17) is 4.74 Å². The van der Waals surface area contributed by atoms with Crippen LogP contribution in [0, 0.1) is 5.92 Å². The first kappa shape index (κ1) is 17.5. The lowest BCUT2D eigenvalue weighted by Gasteiger charge is -2.07. The summed E-state index contributed by atoms with van der Waals surface area (Å²) in [6.07, 6.45) is 2.14. The number of methoxy groups -OCH3 is 2. The Bertz CT molecular complexity index is 717. The van der Waals surface area contributed by atoms with Crippen LogP contribution in [0.25, 0.3) is 10.1 Å². The maximum Gasteiger partial charge on any atom is 0.308 e. The number of ether oxygens (including phenoxy) is 2. The van der Waals surface area contributed by atoms with E-state index in [0.29, 0.717) is 4.88 Å². The van der Waals surface area contributed by atoms with E-state index in [1.807, 2.05) is 12.1 Å². The topological polar surface area (TPSA) is 52.6 Å². The van der Waals surface area contributed by atoms with Gasteiger partial charge in [0.1, 0.15) is 5.75 Å². The highest BCUT2D eigenvalue weighted by Crippen LogP contribution is 2.33. The highest BCUT2D eigenvalue weighted by Gasteiger charge is 2.20. The second-order valence-corrected chi connectivity index (χ2v) is 6.70. The lowest BCUT2D eigenvalue weighted by molar-refractivity contribution is -0.144. The summed E-state index contributed by atoms with van der Waals surface area (Å²) in [6.45, 7) is 3.83. The molecule has 23 heavy (non-hydrogen) atoms. The molecule has 0 unspecified atom stereocenters. The Morgan fingerprint density at radius 1 is 1.22 bits per heavy atom. The first-order valence-corrected chi connectivity index (χ1v) is 8.53.